The van der Waals surface area contributed by atoms with Crippen LogP contribution in [0.5, 0.6) is 0 Å². The van der Waals surface area contributed by atoms with Crippen LogP contribution in [0.15, 0.2) is 18.3 Å². The highest BCUT2D eigenvalue weighted by Gasteiger charge is 2.29. The van der Waals surface area contributed by atoms with Crippen LogP contribution in [0.3, 0.4) is 0 Å². The molecule has 2 saturated heterocycles. The third kappa shape index (κ3) is 2.88. The number of hydrogen-bond donors (Lipinski definition) is 0. The molecule has 4 heterocycles. The molecule has 0 aromatic carbocycles. The molecule has 2 aliphatic heterocycles. The lowest BCUT2D eigenvalue weighted by Gasteiger charge is -2.21. The SMILES string of the molecule is CC(C)N1CCC(Cn2c(C3CCCO3)nc3cccnc32)C1. The zero-order chi connectivity index (χ0) is 15.8. The number of likely N-dealkylation sites (tertiary alicyclic amines) is 1. The zero-order valence-electron chi connectivity index (χ0n) is 14.1. The van der Waals surface area contributed by atoms with Gasteiger partial charge in [0.05, 0.1) is 0 Å². The normalized spacial score (nSPS) is 25.9. The van der Waals surface area contributed by atoms with E-state index in [1.807, 2.05) is 12.3 Å². The zero-order valence-corrected chi connectivity index (χ0v) is 14.1. The summed E-state index contributed by atoms with van der Waals surface area (Å²) in [5, 5.41) is 0. The molecule has 2 unspecified atom stereocenters. The van der Waals surface area contributed by atoms with Gasteiger partial charge in [-0.2, -0.15) is 0 Å². The van der Waals surface area contributed by atoms with Crippen LogP contribution in [0.25, 0.3) is 11.2 Å². The van der Waals surface area contributed by atoms with Gasteiger partial charge in [0.2, 0.25) is 0 Å². The quantitative estimate of drug-likeness (QED) is 0.870. The number of aromatic nitrogens is 3. The van der Waals surface area contributed by atoms with Gasteiger partial charge in [-0.05, 0) is 57.7 Å². The summed E-state index contributed by atoms with van der Waals surface area (Å²) in [5.74, 6) is 1.76. The smallest absolute Gasteiger partial charge is 0.160 e. The summed E-state index contributed by atoms with van der Waals surface area (Å²) in [6.45, 7) is 8.81. The maximum atomic E-state index is 5.91. The van der Waals surface area contributed by atoms with E-state index in [0.717, 1.165) is 43.0 Å². The average Bonchev–Trinajstić information content (AvgIpc) is 3.27. The third-order valence-electron chi connectivity index (χ3n) is 5.24. The maximum absolute atomic E-state index is 5.91. The van der Waals surface area contributed by atoms with Gasteiger partial charge in [0.25, 0.3) is 0 Å². The molecule has 124 valence electrons. The van der Waals surface area contributed by atoms with E-state index in [4.69, 9.17) is 9.72 Å². The van der Waals surface area contributed by atoms with Crippen molar-refractivity contribution in [3.8, 4) is 0 Å². The van der Waals surface area contributed by atoms with Crippen molar-refractivity contribution in [1.82, 2.24) is 19.4 Å². The molecule has 2 atom stereocenters. The first-order valence-electron chi connectivity index (χ1n) is 8.89. The Morgan fingerprint density at radius 1 is 1.35 bits per heavy atom. The van der Waals surface area contributed by atoms with E-state index in [0.29, 0.717) is 12.0 Å². The van der Waals surface area contributed by atoms with Crippen LogP contribution in [0.2, 0.25) is 0 Å². The molecule has 2 aliphatic rings. The summed E-state index contributed by atoms with van der Waals surface area (Å²) in [7, 11) is 0. The molecule has 23 heavy (non-hydrogen) atoms. The molecule has 0 amide bonds. The van der Waals surface area contributed by atoms with Crippen LogP contribution in [0.4, 0.5) is 0 Å². The number of rotatable bonds is 4. The minimum absolute atomic E-state index is 0.145. The van der Waals surface area contributed by atoms with Crippen molar-refractivity contribution in [1.29, 1.82) is 0 Å². The summed E-state index contributed by atoms with van der Waals surface area (Å²) >= 11 is 0. The van der Waals surface area contributed by atoms with E-state index in [9.17, 15) is 0 Å². The molecule has 2 fully saturated rings. The molecule has 0 radical (unpaired) electrons. The Morgan fingerprint density at radius 3 is 3.00 bits per heavy atom. The predicted molar refractivity (Wildman–Crippen MR) is 90.3 cm³/mol. The molecule has 5 nitrogen and oxygen atoms in total. The lowest BCUT2D eigenvalue weighted by Crippen LogP contribution is -2.29. The van der Waals surface area contributed by atoms with Crippen LogP contribution < -0.4 is 0 Å². The van der Waals surface area contributed by atoms with Crippen molar-refractivity contribution in [3.63, 3.8) is 0 Å². The van der Waals surface area contributed by atoms with Gasteiger partial charge < -0.3 is 14.2 Å². The molecule has 0 saturated carbocycles. The van der Waals surface area contributed by atoms with Gasteiger partial charge in [-0.3, -0.25) is 0 Å². The van der Waals surface area contributed by atoms with E-state index >= 15 is 0 Å². The number of fused-ring (bicyclic) bond motifs is 1. The molecular formula is C18H26N4O. The Bertz CT molecular complexity index is 675. The Balaban J connectivity index is 1.63. The lowest BCUT2D eigenvalue weighted by atomic mass is 10.1. The number of hydrogen-bond acceptors (Lipinski definition) is 4. The van der Waals surface area contributed by atoms with Gasteiger partial charge in [-0.1, -0.05) is 0 Å². The van der Waals surface area contributed by atoms with Crippen LogP contribution in [0.1, 0.15) is 45.0 Å². The summed E-state index contributed by atoms with van der Waals surface area (Å²) < 4.78 is 8.24. The lowest BCUT2D eigenvalue weighted by molar-refractivity contribution is 0.101. The van der Waals surface area contributed by atoms with Crippen LogP contribution >= 0.6 is 0 Å². The van der Waals surface area contributed by atoms with Gasteiger partial charge in [0.1, 0.15) is 17.4 Å². The molecule has 4 rings (SSSR count). The first-order valence-corrected chi connectivity index (χ1v) is 8.89. The molecule has 0 N–H and O–H groups in total. The van der Waals surface area contributed by atoms with Crippen molar-refractivity contribution >= 4 is 11.2 Å². The van der Waals surface area contributed by atoms with Crippen molar-refractivity contribution in [2.24, 2.45) is 5.92 Å². The second-order valence-electron chi connectivity index (χ2n) is 7.17. The van der Waals surface area contributed by atoms with Gasteiger partial charge in [-0.15, -0.1) is 0 Å². The van der Waals surface area contributed by atoms with E-state index in [-0.39, 0.29) is 6.10 Å². The van der Waals surface area contributed by atoms with E-state index in [2.05, 4.69) is 34.4 Å². The fourth-order valence-corrected chi connectivity index (χ4v) is 3.92. The molecule has 0 bridgehead atoms. The van der Waals surface area contributed by atoms with Crippen molar-refractivity contribution < 1.29 is 4.74 Å². The second kappa shape index (κ2) is 6.21. The highest BCUT2D eigenvalue weighted by molar-refractivity contribution is 5.71. The summed E-state index contributed by atoms with van der Waals surface area (Å²) in [5.41, 5.74) is 2.01. The monoisotopic (exact) mass is 314 g/mol. The van der Waals surface area contributed by atoms with Crippen molar-refractivity contribution in [2.75, 3.05) is 19.7 Å². The van der Waals surface area contributed by atoms with Gasteiger partial charge in [0.15, 0.2) is 5.65 Å². The third-order valence-corrected chi connectivity index (χ3v) is 5.24. The Hall–Kier alpha value is -1.46. The fourth-order valence-electron chi connectivity index (χ4n) is 3.92. The van der Waals surface area contributed by atoms with E-state index in [1.54, 1.807) is 0 Å². The maximum Gasteiger partial charge on any atom is 0.160 e. The van der Waals surface area contributed by atoms with Gasteiger partial charge in [-0.25, -0.2) is 9.97 Å². The number of imidazole rings is 1. The van der Waals surface area contributed by atoms with Crippen LogP contribution in [0, 0.1) is 5.92 Å². The molecule has 2 aromatic heterocycles. The minimum Gasteiger partial charge on any atom is -0.370 e. The molecule has 2 aromatic rings. The first kappa shape index (κ1) is 15.1. The predicted octanol–water partition coefficient (Wildman–Crippen LogP) is 3.01. The van der Waals surface area contributed by atoms with Crippen molar-refractivity contribution in [3.05, 3.63) is 24.2 Å². The molecule has 5 heteroatoms. The summed E-state index contributed by atoms with van der Waals surface area (Å²) in [6.07, 6.45) is 5.48. The number of ether oxygens (including phenoxy) is 1. The average molecular weight is 314 g/mol. The fraction of sp³-hybridized carbons (Fsp3) is 0.667. The van der Waals surface area contributed by atoms with Crippen molar-refractivity contribution in [2.45, 2.75) is 51.8 Å². The molecule has 0 spiro atoms. The van der Waals surface area contributed by atoms with Gasteiger partial charge in [0, 0.05) is 31.9 Å². The summed E-state index contributed by atoms with van der Waals surface area (Å²) in [4.78, 5) is 12.0. The molecule has 0 aliphatic carbocycles. The Kier molecular flexibility index (Phi) is 4.07. The Morgan fingerprint density at radius 2 is 2.26 bits per heavy atom. The summed E-state index contributed by atoms with van der Waals surface area (Å²) in [6, 6.07) is 4.66. The first-order chi connectivity index (χ1) is 11.2. The molecular weight excluding hydrogens is 288 g/mol. The highest BCUT2D eigenvalue weighted by atomic mass is 16.5. The number of pyridine rings is 1. The second-order valence-corrected chi connectivity index (χ2v) is 7.17. The van der Waals surface area contributed by atoms with Gasteiger partial charge >= 0.3 is 0 Å². The van der Waals surface area contributed by atoms with E-state index < -0.39 is 0 Å². The highest BCUT2D eigenvalue weighted by Crippen LogP contribution is 2.31. The standard InChI is InChI=1S/C18H26N4O/c1-13(2)21-9-7-14(11-21)12-22-17-15(5-3-8-19-17)20-18(22)16-6-4-10-23-16/h3,5,8,13-14,16H,4,6-7,9-12H2,1-2H3. The largest absolute Gasteiger partial charge is 0.370 e. The topological polar surface area (TPSA) is 43.2 Å². The van der Waals surface area contributed by atoms with Crippen LogP contribution in [-0.2, 0) is 11.3 Å². The minimum atomic E-state index is 0.145. The number of nitrogens with zero attached hydrogens (tertiary/aromatic N) is 4. The van der Waals surface area contributed by atoms with E-state index in [1.165, 1.54) is 19.5 Å². The Labute approximate surface area is 137 Å². The van der Waals surface area contributed by atoms with Crippen LogP contribution in [-0.4, -0.2) is 45.2 Å².